The molecule has 0 amide bonds. The highest BCUT2D eigenvalue weighted by Gasteiger charge is 2.19. The molecule has 0 bridgehead atoms. The second kappa shape index (κ2) is 9.07. The molecule has 0 spiro atoms. The van der Waals surface area contributed by atoms with E-state index >= 15 is 4.39 Å². The third-order valence-corrected chi connectivity index (χ3v) is 6.16. The number of anilines is 1. The van der Waals surface area contributed by atoms with Gasteiger partial charge < -0.3 is 15.4 Å². The van der Waals surface area contributed by atoms with Crippen LogP contribution in [-0.2, 0) is 0 Å². The number of aromatic amines is 2. The Bertz CT molecular complexity index is 1760. The topological polar surface area (TPSA) is 115 Å². The van der Waals surface area contributed by atoms with E-state index in [0.717, 1.165) is 0 Å². The molecule has 1 unspecified atom stereocenters. The number of benzene rings is 2. The molecule has 0 aliphatic rings. The van der Waals surface area contributed by atoms with Crippen LogP contribution in [0.25, 0.3) is 55.8 Å². The minimum atomic E-state index is -0.712. The van der Waals surface area contributed by atoms with Gasteiger partial charge in [-0.2, -0.15) is 5.10 Å². The molecule has 10 heteroatoms. The second-order valence-electron chi connectivity index (χ2n) is 8.64. The first-order valence-electron chi connectivity index (χ1n) is 11.7. The summed E-state index contributed by atoms with van der Waals surface area (Å²) in [7, 11) is 0. The SMILES string of the molecule is CCC(O)Nc1cncc(-c2cc(F)c3[nH]nc(-c4nc5c(-c6cccc(F)c6)ccnc5[nH]4)c3c2)c1. The Morgan fingerprint density at radius 3 is 2.76 bits per heavy atom. The van der Waals surface area contributed by atoms with Gasteiger partial charge in [0.15, 0.2) is 11.5 Å². The van der Waals surface area contributed by atoms with Gasteiger partial charge in [-0.25, -0.2) is 18.7 Å². The Balaban J connectivity index is 1.46. The van der Waals surface area contributed by atoms with Crippen molar-refractivity contribution in [2.75, 3.05) is 5.32 Å². The normalized spacial score (nSPS) is 12.3. The van der Waals surface area contributed by atoms with Gasteiger partial charge in [0.1, 0.15) is 34.6 Å². The Labute approximate surface area is 209 Å². The minimum Gasteiger partial charge on any atom is -0.374 e. The third-order valence-electron chi connectivity index (χ3n) is 6.16. The number of pyridine rings is 2. The molecule has 0 fully saturated rings. The number of hydrogen-bond donors (Lipinski definition) is 4. The molecule has 1 atom stereocenters. The van der Waals surface area contributed by atoms with Crippen molar-refractivity contribution in [1.29, 1.82) is 0 Å². The molecule has 6 rings (SSSR count). The average Bonchev–Trinajstić information content (AvgIpc) is 3.53. The van der Waals surface area contributed by atoms with E-state index in [1.54, 1.807) is 42.9 Å². The molecule has 0 saturated carbocycles. The van der Waals surface area contributed by atoms with Crippen molar-refractivity contribution in [3.8, 4) is 33.8 Å². The van der Waals surface area contributed by atoms with E-state index in [1.807, 2.05) is 13.0 Å². The molecular formula is C27H21F2N7O. The summed E-state index contributed by atoms with van der Waals surface area (Å²) in [6.07, 6.45) is 4.65. The standard InChI is InChI=1S/C27H21F2N7O/c1-2-22(37)32-18-9-16(12-30-13-18)15-10-20-23(21(29)11-15)35-36-25(20)27-33-24-19(6-7-31-26(24)34-27)14-4-3-5-17(28)8-14/h3-13,22,32,37H,2H2,1H3,(H,35,36)(H,31,33,34). The molecule has 4 N–H and O–H groups in total. The summed E-state index contributed by atoms with van der Waals surface area (Å²) < 4.78 is 29.0. The molecule has 184 valence electrons. The maximum absolute atomic E-state index is 15.1. The fourth-order valence-electron chi connectivity index (χ4n) is 4.31. The maximum Gasteiger partial charge on any atom is 0.160 e. The third kappa shape index (κ3) is 4.17. The lowest BCUT2D eigenvalue weighted by molar-refractivity contribution is 0.199. The fraction of sp³-hybridized carbons (Fsp3) is 0.111. The maximum atomic E-state index is 15.1. The number of halogens is 2. The number of aliphatic hydroxyl groups excluding tert-OH is 1. The summed E-state index contributed by atoms with van der Waals surface area (Å²) >= 11 is 0. The summed E-state index contributed by atoms with van der Waals surface area (Å²) in [5, 5.41) is 20.5. The lowest BCUT2D eigenvalue weighted by Gasteiger charge is -2.12. The smallest absolute Gasteiger partial charge is 0.160 e. The van der Waals surface area contributed by atoms with E-state index in [2.05, 4.69) is 30.5 Å². The molecule has 37 heavy (non-hydrogen) atoms. The van der Waals surface area contributed by atoms with Crippen LogP contribution in [0.4, 0.5) is 14.5 Å². The number of aromatic nitrogens is 6. The van der Waals surface area contributed by atoms with Gasteiger partial charge in [0.2, 0.25) is 0 Å². The Hall–Kier alpha value is -4.70. The Morgan fingerprint density at radius 2 is 1.92 bits per heavy atom. The number of nitrogens with one attached hydrogen (secondary N) is 3. The average molecular weight is 498 g/mol. The number of fused-ring (bicyclic) bond motifs is 2. The van der Waals surface area contributed by atoms with Crippen molar-refractivity contribution in [3.05, 3.63) is 78.8 Å². The summed E-state index contributed by atoms with van der Waals surface area (Å²) in [5.41, 5.74) is 4.96. The van der Waals surface area contributed by atoms with Gasteiger partial charge in [-0.1, -0.05) is 19.1 Å². The van der Waals surface area contributed by atoms with Crippen molar-refractivity contribution in [3.63, 3.8) is 0 Å². The van der Waals surface area contributed by atoms with E-state index in [9.17, 15) is 9.50 Å². The van der Waals surface area contributed by atoms with E-state index in [0.29, 0.717) is 62.4 Å². The van der Waals surface area contributed by atoms with Gasteiger partial charge in [-0.3, -0.25) is 10.1 Å². The molecule has 0 aliphatic heterocycles. The van der Waals surface area contributed by atoms with E-state index < -0.39 is 12.0 Å². The van der Waals surface area contributed by atoms with Gasteiger partial charge in [0, 0.05) is 28.9 Å². The van der Waals surface area contributed by atoms with Crippen LogP contribution in [0.15, 0.2) is 67.1 Å². The first kappa shape index (κ1) is 22.7. The molecule has 6 aromatic rings. The number of aliphatic hydroxyl groups is 1. The highest BCUT2D eigenvalue weighted by molar-refractivity contribution is 5.97. The van der Waals surface area contributed by atoms with Gasteiger partial charge in [-0.15, -0.1) is 0 Å². The molecule has 4 heterocycles. The Kier molecular flexibility index (Phi) is 5.57. The van der Waals surface area contributed by atoms with Gasteiger partial charge >= 0.3 is 0 Å². The van der Waals surface area contributed by atoms with Crippen molar-refractivity contribution >= 4 is 27.8 Å². The number of hydrogen-bond acceptors (Lipinski definition) is 6. The molecule has 0 aliphatic carbocycles. The number of imidazole rings is 1. The highest BCUT2D eigenvalue weighted by Crippen LogP contribution is 2.34. The lowest BCUT2D eigenvalue weighted by atomic mass is 10.0. The monoisotopic (exact) mass is 497 g/mol. The van der Waals surface area contributed by atoms with E-state index in [1.165, 1.54) is 18.2 Å². The van der Waals surface area contributed by atoms with E-state index in [-0.39, 0.29) is 11.3 Å². The second-order valence-corrected chi connectivity index (χ2v) is 8.64. The molecule has 4 aromatic heterocycles. The van der Waals surface area contributed by atoms with Crippen LogP contribution in [-0.4, -0.2) is 41.5 Å². The molecular weight excluding hydrogens is 476 g/mol. The first-order valence-corrected chi connectivity index (χ1v) is 11.7. The zero-order chi connectivity index (χ0) is 25.5. The number of H-pyrrole nitrogens is 2. The predicted octanol–water partition coefficient (Wildman–Crippen LogP) is 5.65. The minimum absolute atomic E-state index is 0.237. The molecule has 0 saturated heterocycles. The van der Waals surface area contributed by atoms with Crippen LogP contribution in [0.2, 0.25) is 0 Å². The first-order chi connectivity index (χ1) is 18.0. The van der Waals surface area contributed by atoms with Crippen LogP contribution in [0, 0.1) is 11.6 Å². The molecule has 8 nitrogen and oxygen atoms in total. The van der Waals surface area contributed by atoms with Crippen LogP contribution in [0.1, 0.15) is 13.3 Å². The highest BCUT2D eigenvalue weighted by atomic mass is 19.1. The summed E-state index contributed by atoms with van der Waals surface area (Å²) in [6.45, 7) is 1.85. The van der Waals surface area contributed by atoms with Crippen molar-refractivity contribution in [2.45, 2.75) is 19.6 Å². The summed E-state index contributed by atoms with van der Waals surface area (Å²) in [5.74, 6) is -0.431. The molecule has 2 aromatic carbocycles. The zero-order valence-electron chi connectivity index (χ0n) is 19.6. The van der Waals surface area contributed by atoms with Gasteiger partial charge in [-0.05, 0) is 53.9 Å². The number of rotatable bonds is 6. The van der Waals surface area contributed by atoms with Crippen molar-refractivity contribution in [2.24, 2.45) is 0 Å². The number of nitrogens with zero attached hydrogens (tertiary/aromatic N) is 4. The quantitative estimate of drug-likeness (QED) is 0.221. The zero-order valence-corrected chi connectivity index (χ0v) is 19.6. The van der Waals surface area contributed by atoms with Gasteiger partial charge in [0.05, 0.1) is 11.9 Å². The largest absolute Gasteiger partial charge is 0.374 e. The predicted molar refractivity (Wildman–Crippen MR) is 137 cm³/mol. The van der Waals surface area contributed by atoms with Crippen molar-refractivity contribution < 1.29 is 13.9 Å². The Morgan fingerprint density at radius 1 is 1.03 bits per heavy atom. The fourth-order valence-corrected chi connectivity index (χ4v) is 4.31. The van der Waals surface area contributed by atoms with Gasteiger partial charge in [0.25, 0.3) is 0 Å². The van der Waals surface area contributed by atoms with Crippen LogP contribution in [0.3, 0.4) is 0 Å². The molecule has 0 radical (unpaired) electrons. The summed E-state index contributed by atoms with van der Waals surface area (Å²) in [4.78, 5) is 16.5. The summed E-state index contributed by atoms with van der Waals surface area (Å²) in [6, 6.07) is 13.0. The van der Waals surface area contributed by atoms with Crippen molar-refractivity contribution in [1.82, 2.24) is 30.1 Å². The van der Waals surface area contributed by atoms with Crippen LogP contribution >= 0.6 is 0 Å². The van der Waals surface area contributed by atoms with Crippen LogP contribution < -0.4 is 5.32 Å². The van der Waals surface area contributed by atoms with Crippen LogP contribution in [0.5, 0.6) is 0 Å². The van der Waals surface area contributed by atoms with E-state index in [4.69, 9.17) is 4.98 Å². The lowest BCUT2D eigenvalue weighted by Crippen LogP contribution is -2.16.